The van der Waals surface area contributed by atoms with Crippen LogP contribution in [0.15, 0.2) is 122 Å². The van der Waals surface area contributed by atoms with E-state index in [9.17, 15) is 0 Å². The number of anilines is 3. The quantitative estimate of drug-likeness (QED) is 0.164. The maximum Gasteiger partial charge on any atom is 0.119 e. The first kappa shape index (κ1) is 27.2. The van der Waals surface area contributed by atoms with Gasteiger partial charge in [0.25, 0.3) is 0 Å². The molecule has 0 fully saturated rings. The molecule has 4 heterocycles. The Labute approximate surface area is 249 Å². The summed E-state index contributed by atoms with van der Waals surface area (Å²) in [5.74, 6) is 1.70. The topological polar surface area (TPSA) is 60.4 Å². The van der Waals surface area contributed by atoms with Crippen molar-refractivity contribution in [3.8, 4) is 44.5 Å². The minimum atomic E-state index is 0.629. The van der Waals surface area contributed by atoms with Gasteiger partial charge in [-0.2, -0.15) is 0 Å². The zero-order valence-electron chi connectivity index (χ0n) is 23.5. The molecule has 0 unspecified atom stereocenters. The summed E-state index contributed by atoms with van der Waals surface area (Å²) in [6.07, 6.45) is 7.24. The molecule has 7 heteroatoms. The number of hydrogen-bond donors (Lipinski definition) is 0. The molecule has 0 saturated heterocycles. The van der Waals surface area contributed by atoms with Gasteiger partial charge in [-0.1, -0.05) is 0 Å². The van der Waals surface area contributed by atoms with Gasteiger partial charge in [-0.3, -0.25) is 9.97 Å². The van der Waals surface area contributed by atoms with Crippen molar-refractivity contribution in [1.82, 2.24) is 15.0 Å². The number of hydrogen-bond acceptors (Lipinski definition) is 7. The molecule has 0 N–H and O–H groups in total. The second-order valence-corrected chi connectivity index (χ2v) is 10.5. The van der Waals surface area contributed by atoms with Gasteiger partial charge < -0.3 is 14.4 Å². The van der Waals surface area contributed by atoms with Gasteiger partial charge in [0, 0.05) is 52.2 Å². The molecular weight excluding hydrogens is 540 g/mol. The smallest absolute Gasteiger partial charge is 0.119 e. The van der Waals surface area contributed by atoms with E-state index in [0.29, 0.717) is 13.2 Å². The lowest BCUT2D eigenvalue weighted by Crippen LogP contribution is -2.08. The fourth-order valence-corrected chi connectivity index (χ4v) is 5.76. The average molecular weight is 571 g/mol. The van der Waals surface area contributed by atoms with E-state index in [-0.39, 0.29) is 0 Å². The lowest BCUT2D eigenvalue weighted by Gasteiger charge is -2.24. The third-order valence-corrected chi connectivity index (χ3v) is 7.77. The van der Waals surface area contributed by atoms with Crippen molar-refractivity contribution in [3.05, 3.63) is 122 Å². The molecule has 0 aliphatic heterocycles. The Balaban J connectivity index is 1.43. The summed E-state index contributed by atoms with van der Waals surface area (Å²) in [6, 6.07) is 32.9. The van der Waals surface area contributed by atoms with Gasteiger partial charge in [0.2, 0.25) is 0 Å². The minimum Gasteiger partial charge on any atom is -0.494 e. The largest absolute Gasteiger partial charge is 0.494 e. The van der Waals surface area contributed by atoms with Crippen LogP contribution >= 0.6 is 11.3 Å². The van der Waals surface area contributed by atoms with Crippen molar-refractivity contribution in [2.75, 3.05) is 18.1 Å². The summed E-state index contributed by atoms with van der Waals surface area (Å²) >= 11 is 1.72. The SMILES string of the molecule is CCOc1ccc(N(c2ccc(OCC)cc2)c2ccc(-c3cc(-c4cccnc4)nc(-c4cccnc4)c3)s2)cc1. The summed E-state index contributed by atoms with van der Waals surface area (Å²) in [5, 5.41) is 1.08. The molecule has 0 aliphatic rings. The first-order valence-corrected chi connectivity index (χ1v) is 14.7. The molecule has 6 rings (SSSR count). The van der Waals surface area contributed by atoms with Crippen LogP contribution in [0.4, 0.5) is 16.4 Å². The van der Waals surface area contributed by atoms with Crippen molar-refractivity contribution < 1.29 is 9.47 Å². The second-order valence-electron chi connectivity index (χ2n) is 9.44. The number of rotatable bonds is 10. The van der Waals surface area contributed by atoms with Crippen LogP contribution in [0.3, 0.4) is 0 Å². The zero-order chi connectivity index (χ0) is 28.7. The summed E-state index contributed by atoms with van der Waals surface area (Å²) in [7, 11) is 0. The maximum atomic E-state index is 5.70. The molecule has 0 spiro atoms. The van der Waals surface area contributed by atoms with Crippen molar-refractivity contribution in [2.45, 2.75) is 13.8 Å². The van der Waals surface area contributed by atoms with Crippen LogP contribution in [0.5, 0.6) is 11.5 Å². The van der Waals surface area contributed by atoms with Gasteiger partial charge in [-0.25, -0.2) is 4.98 Å². The normalized spacial score (nSPS) is 10.8. The third kappa shape index (κ3) is 6.01. The standard InChI is InChI=1S/C35H30N4O2S/c1-3-40-30-13-9-28(10-14-30)39(29-11-15-31(16-12-29)41-4-2)35-18-17-34(42-35)27-21-32(25-7-5-19-36-23-25)38-33(22-27)26-8-6-20-37-24-26/h5-24H,3-4H2,1-2H3. The van der Waals surface area contributed by atoms with Gasteiger partial charge in [-0.15, -0.1) is 11.3 Å². The monoisotopic (exact) mass is 570 g/mol. The van der Waals surface area contributed by atoms with E-state index in [4.69, 9.17) is 14.5 Å². The van der Waals surface area contributed by atoms with Crippen molar-refractivity contribution >= 4 is 27.7 Å². The highest BCUT2D eigenvalue weighted by molar-refractivity contribution is 7.19. The predicted molar refractivity (Wildman–Crippen MR) is 171 cm³/mol. The highest BCUT2D eigenvalue weighted by Gasteiger charge is 2.17. The summed E-state index contributed by atoms with van der Waals surface area (Å²) in [4.78, 5) is 17.0. The number of aromatic nitrogens is 3. The highest BCUT2D eigenvalue weighted by Crippen LogP contribution is 2.43. The third-order valence-electron chi connectivity index (χ3n) is 6.65. The molecule has 42 heavy (non-hydrogen) atoms. The maximum absolute atomic E-state index is 5.70. The van der Waals surface area contributed by atoms with Crippen LogP contribution in [-0.2, 0) is 0 Å². The molecule has 0 radical (unpaired) electrons. The highest BCUT2D eigenvalue weighted by atomic mass is 32.1. The van der Waals surface area contributed by atoms with Crippen LogP contribution in [0, 0.1) is 0 Å². The van der Waals surface area contributed by atoms with Crippen LogP contribution < -0.4 is 14.4 Å². The zero-order valence-corrected chi connectivity index (χ0v) is 24.3. The molecule has 0 bridgehead atoms. The van der Waals surface area contributed by atoms with Crippen LogP contribution in [0.25, 0.3) is 33.0 Å². The lowest BCUT2D eigenvalue weighted by molar-refractivity contribution is 0.340. The summed E-state index contributed by atoms with van der Waals surface area (Å²) in [5.41, 5.74) is 6.82. The Morgan fingerprint density at radius 2 is 1.14 bits per heavy atom. The van der Waals surface area contributed by atoms with E-state index in [0.717, 1.165) is 60.8 Å². The van der Waals surface area contributed by atoms with E-state index < -0.39 is 0 Å². The summed E-state index contributed by atoms with van der Waals surface area (Å²) in [6.45, 7) is 5.24. The van der Waals surface area contributed by atoms with E-state index in [1.54, 1.807) is 23.7 Å². The van der Waals surface area contributed by atoms with Gasteiger partial charge in [-0.05, 0) is 116 Å². The molecule has 208 valence electrons. The molecule has 2 aromatic carbocycles. The molecule has 0 atom stereocenters. The average Bonchev–Trinajstić information content (AvgIpc) is 3.54. The van der Waals surface area contributed by atoms with E-state index in [1.807, 2.05) is 74.8 Å². The number of benzene rings is 2. The molecule has 0 saturated carbocycles. The van der Waals surface area contributed by atoms with E-state index in [2.05, 4.69) is 63.4 Å². The van der Waals surface area contributed by atoms with Crippen LogP contribution in [-0.4, -0.2) is 28.2 Å². The van der Waals surface area contributed by atoms with E-state index >= 15 is 0 Å². The number of thiophene rings is 1. The first-order valence-electron chi connectivity index (χ1n) is 13.9. The Morgan fingerprint density at radius 3 is 1.60 bits per heavy atom. The van der Waals surface area contributed by atoms with Crippen molar-refractivity contribution in [1.29, 1.82) is 0 Å². The van der Waals surface area contributed by atoms with Crippen LogP contribution in [0.2, 0.25) is 0 Å². The molecule has 4 aromatic heterocycles. The van der Waals surface area contributed by atoms with Gasteiger partial charge in [0.15, 0.2) is 0 Å². The van der Waals surface area contributed by atoms with E-state index in [1.165, 1.54) is 0 Å². The Bertz CT molecular complexity index is 1630. The van der Waals surface area contributed by atoms with Gasteiger partial charge >= 0.3 is 0 Å². The predicted octanol–water partition coefficient (Wildman–Crippen LogP) is 9.20. The number of ether oxygens (including phenoxy) is 2. The van der Waals surface area contributed by atoms with Gasteiger partial charge in [0.1, 0.15) is 16.5 Å². The molecule has 6 aromatic rings. The molecule has 0 aliphatic carbocycles. The Hall–Kier alpha value is -5.01. The molecular formula is C35H30N4O2S. The number of nitrogens with zero attached hydrogens (tertiary/aromatic N) is 4. The van der Waals surface area contributed by atoms with Crippen molar-refractivity contribution in [3.63, 3.8) is 0 Å². The van der Waals surface area contributed by atoms with Crippen LogP contribution in [0.1, 0.15) is 13.8 Å². The van der Waals surface area contributed by atoms with Crippen molar-refractivity contribution in [2.24, 2.45) is 0 Å². The lowest BCUT2D eigenvalue weighted by atomic mass is 10.1. The Kier molecular flexibility index (Phi) is 8.19. The minimum absolute atomic E-state index is 0.629. The molecule has 6 nitrogen and oxygen atoms in total. The Morgan fingerprint density at radius 1 is 0.619 bits per heavy atom. The summed E-state index contributed by atoms with van der Waals surface area (Å²) < 4.78 is 11.4. The number of pyridine rings is 3. The second kappa shape index (κ2) is 12.7. The van der Waals surface area contributed by atoms with Gasteiger partial charge in [0.05, 0.1) is 24.6 Å². The fraction of sp³-hybridized carbons (Fsp3) is 0.114. The first-order chi connectivity index (χ1) is 20.7. The fourth-order valence-electron chi connectivity index (χ4n) is 4.72. The molecule has 0 amide bonds.